The van der Waals surface area contributed by atoms with Gasteiger partial charge in [-0.1, -0.05) is 13.8 Å². The highest BCUT2D eigenvalue weighted by atomic mass is 16.5. The number of hydrogen-bond donors (Lipinski definition) is 2. The van der Waals surface area contributed by atoms with E-state index in [1.165, 1.54) is 0 Å². The summed E-state index contributed by atoms with van der Waals surface area (Å²) in [5.41, 5.74) is 5.48. The monoisotopic (exact) mass is 338 g/mol. The van der Waals surface area contributed by atoms with E-state index < -0.39 is 5.54 Å². The first-order valence-corrected chi connectivity index (χ1v) is 9.06. The molecule has 0 radical (unpaired) electrons. The van der Waals surface area contributed by atoms with E-state index in [0.29, 0.717) is 32.7 Å². The highest BCUT2D eigenvalue weighted by Gasteiger charge is 2.70. The fourth-order valence-electron chi connectivity index (χ4n) is 4.65. The second-order valence-electron chi connectivity index (χ2n) is 7.75. The van der Waals surface area contributed by atoms with Crippen molar-refractivity contribution in [3.05, 3.63) is 0 Å². The number of nitrogens with zero attached hydrogens (tertiary/aromatic N) is 2. The fraction of sp³-hybridized carbons (Fsp3) is 0.882. The summed E-state index contributed by atoms with van der Waals surface area (Å²) < 4.78 is 5.89. The Bertz CT molecular complexity index is 516. The van der Waals surface area contributed by atoms with Crippen LogP contribution in [0.4, 0.5) is 4.79 Å². The third kappa shape index (κ3) is 2.40. The number of hydrogen-bond acceptors (Lipinski definition) is 4. The number of ether oxygens (including phenoxy) is 1. The van der Waals surface area contributed by atoms with E-state index >= 15 is 0 Å². The van der Waals surface area contributed by atoms with E-state index in [1.54, 1.807) is 4.90 Å². The normalized spacial score (nSPS) is 35.0. The second kappa shape index (κ2) is 6.19. The summed E-state index contributed by atoms with van der Waals surface area (Å²) in [5.74, 6) is 0.130. The molecule has 2 aliphatic heterocycles. The first-order valence-electron chi connectivity index (χ1n) is 9.06. The van der Waals surface area contributed by atoms with Gasteiger partial charge in [-0.05, 0) is 19.8 Å². The summed E-state index contributed by atoms with van der Waals surface area (Å²) in [6.45, 7) is 9.56. The molecule has 0 spiro atoms. The zero-order valence-electron chi connectivity index (χ0n) is 15.0. The maximum Gasteiger partial charge on any atom is 0.317 e. The molecule has 7 heteroatoms. The van der Waals surface area contributed by atoms with Crippen LogP contribution in [0.15, 0.2) is 0 Å². The lowest BCUT2D eigenvalue weighted by Gasteiger charge is -2.66. The summed E-state index contributed by atoms with van der Waals surface area (Å²) in [6.07, 6.45) is 2.00. The number of fused-ring (bicyclic) bond motifs is 1. The van der Waals surface area contributed by atoms with Gasteiger partial charge in [0, 0.05) is 50.7 Å². The summed E-state index contributed by atoms with van der Waals surface area (Å²) in [7, 11) is 0. The van der Waals surface area contributed by atoms with Crippen LogP contribution in [0, 0.1) is 11.3 Å². The molecule has 2 heterocycles. The average Bonchev–Trinajstić information content (AvgIpc) is 2.60. The zero-order chi connectivity index (χ0) is 17.5. The molecular formula is C17H30N4O3. The lowest BCUT2D eigenvalue weighted by Crippen LogP contribution is -2.82. The summed E-state index contributed by atoms with van der Waals surface area (Å²) in [6, 6.07) is -0.0585. The predicted octanol–water partition coefficient (Wildman–Crippen LogP) is 0.393. The fourth-order valence-corrected chi connectivity index (χ4v) is 4.65. The number of carbonyl (C=O) groups excluding carboxylic acids is 2. The first-order chi connectivity index (χ1) is 11.3. The van der Waals surface area contributed by atoms with Gasteiger partial charge in [-0.2, -0.15) is 0 Å². The van der Waals surface area contributed by atoms with Gasteiger partial charge >= 0.3 is 6.03 Å². The Morgan fingerprint density at radius 1 is 1.21 bits per heavy atom. The second-order valence-corrected chi connectivity index (χ2v) is 7.75. The molecule has 1 saturated carbocycles. The van der Waals surface area contributed by atoms with E-state index in [2.05, 4.69) is 5.32 Å². The topological polar surface area (TPSA) is 87.9 Å². The Balaban J connectivity index is 1.66. The molecule has 3 atom stereocenters. The van der Waals surface area contributed by atoms with Crippen molar-refractivity contribution in [1.29, 1.82) is 0 Å². The smallest absolute Gasteiger partial charge is 0.317 e. The standard InChI is InChI=1S/C17H30N4O3/c1-4-19-15(23)21-9-7-20(8-10-21)14(22)17(18)12-6-5-11-24-13(12)16(17,2)3/h12-13H,4-11,18H2,1-3H3,(H,19,23). The third-order valence-corrected chi connectivity index (χ3v) is 6.22. The largest absolute Gasteiger partial charge is 0.377 e. The van der Waals surface area contributed by atoms with Crippen LogP contribution in [0.25, 0.3) is 0 Å². The molecule has 7 nitrogen and oxygen atoms in total. The molecule has 24 heavy (non-hydrogen) atoms. The number of amides is 3. The van der Waals surface area contributed by atoms with Crippen molar-refractivity contribution in [3.63, 3.8) is 0 Å². The predicted molar refractivity (Wildman–Crippen MR) is 90.4 cm³/mol. The molecule has 3 rings (SSSR count). The number of carbonyl (C=O) groups is 2. The van der Waals surface area contributed by atoms with E-state index in [4.69, 9.17) is 10.5 Å². The quantitative estimate of drug-likeness (QED) is 0.762. The molecule has 0 aromatic rings. The number of nitrogens with two attached hydrogens (primary N) is 1. The molecule has 3 fully saturated rings. The maximum atomic E-state index is 13.2. The van der Waals surface area contributed by atoms with Gasteiger partial charge in [0.05, 0.1) is 6.10 Å². The molecule has 0 bridgehead atoms. The van der Waals surface area contributed by atoms with Crippen molar-refractivity contribution in [2.24, 2.45) is 17.1 Å². The average molecular weight is 338 g/mol. The van der Waals surface area contributed by atoms with Gasteiger partial charge in [0.1, 0.15) is 5.54 Å². The minimum absolute atomic E-state index is 0.0230. The van der Waals surface area contributed by atoms with E-state index in [9.17, 15) is 9.59 Å². The van der Waals surface area contributed by atoms with Crippen molar-refractivity contribution in [3.8, 4) is 0 Å². The Morgan fingerprint density at radius 3 is 2.46 bits per heavy atom. The van der Waals surface area contributed by atoms with Crippen molar-refractivity contribution in [2.45, 2.75) is 45.3 Å². The van der Waals surface area contributed by atoms with Crippen molar-refractivity contribution in [2.75, 3.05) is 39.3 Å². The van der Waals surface area contributed by atoms with Gasteiger partial charge < -0.3 is 25.6 Å². The molecule has 3 unspecified atom stereocenters. The minimum atomic E-state index is -0.855. The molecular weight excluding hydrogens is 308 g/mol. The SMILES string of the molecule is CCNC(=O)N1CCN(C(=O)C2(N)C3CCCOC3C2(C)C)CC1. The summed E-state index contributed by atoms with van der Waals surface area (Å²) >= 11 is 0. The lowest BCUT2D eigenvalue weighted by molar-refractivity contribution is -0.230. The maximum absolute atomic E-state index is 13.2. The van der Waals surface area contributed by atoms with Gasteiger partial charge in [-0.25, -0.2) is 4.79 Å². The highest BCUT2D eigenvalue weighted by Crippen LogP contribution is 2.57. The molecule has 0 aromatic heterocycles. The lowest BCUT2D eigenvalue weighted by atomic mass is 9.46. The molecule has 1 aliphatic carbocycles. The van der Waals surface area contributed by atoms with Gasteiger partial charge in [0.15, 0.2) is 0 Å². The zero-order valence-corrected chi connectivity index (χ0v) is 15.0. The van der Waals surface area contributed by atoms with E-state index in [1.807, 2.05) is 25.7 Å². The number of nitrogens with one attached hydrogen (secondary N) is 1. The van der Waals surface area contributed by atoms with Gasteiger partial charge in [0.25, 0.3) is 0 Å². The first kappa shape index (κ1) is 17.5. The molecule has 136 valence electrons. The van der Waals surface area contributed by atoms with Crippen molar-refractivity contribution >= 4 is 11.9 Å². The van der Waals surface area contributed by atoms with Crippen LogP contribution in [0.3, 0.4) is 0 Å². The summed E-state index contributed by atoms with van der Waals surface area (Å²) in [5, 5.41) is 2.80. The third-order valence-electron chi connectivity index (χ3n) is 6.22. The number of rotatable bonds is 2. The van der Waals surface area contributed by atoms with Crippen molar-refractivity contribution < 1.29 is 14.3 Å². The number of urea groups is 1. The van der Waals surface area contributed by atoms with E-state index in [0.717, 1.165) is 19.4 Å². The number of piperazine rings is 1. The Morgan fingerprint density at radius 2 is 1.83 bits per heavy atom. The molecule has 3 amide bonds. The molecule has 3 aliphatic rings. The van der Waals surface area contributed by atoms with Crippen LogP contribution < -0.4 is 11.1 Å². The van der Waals surface area contributed by atoms with Gasteiger partial charge in [0.2, 0.25) is 5.91 Å². The Kier molecular flexibility index (Phi) is 4.51. The van der Waals surface area contributed by atoms with Crippen molar-refractivity contribution in [1.82, 2.24) is 15.1 Å². The Labute approximate surface area is 143 Å². The van der Waals surface area contributed by atoms with Crippen LogP contribution in [-0.2, 0) is 9.53 Å². The van der Waals surface area contributed by atoms with Crippen LogP contribution >= 0.6 is 0 Å². The van der Waals surface area contributed by atoms with Gasteiger partial charge in [-0.3, -0.25) is 4.79 Å². The van der Waals surface area contributed by atoms with Gasteiger partial charge in [-0.15, -0.1) is 0 Å². The molecule has 3 N–H and O–H groups in total. The van der Waals surface area contributed by atoms with Crippen LogP contribution in [0.5, 0.6) is 0 Å². The van der Waals surface area contributed by atoms with Crippen LogP contribution in [0.1, 0.15) is 33.6 Å². The molecule has 2 saturated heterocycles. The highest BCUT2D eigenvalue weighted by molar-refractivity contribution is 5.90. The minimum Gasteiger partial charge on any atom is -0.377 e. The van der Waals surface area contributed by atoms with Crippen LogP contribution in [-0.4, -0.2) is 72.7 Å². The van der Waals surface area contributed by atoms with Crippen LogP contribution in [0.2, 0.25) is 0 Å². The summed E-state index contributed by atoms with van der Waals surface area (Å²) in [4.78, 5) is 28.7. The Hall–Kier alpha value is -1.34. The molecule has 0 aromatic carbocycles. The van der Waals surface area contributed by atoms with E-state index in [-0.39, 0.29) is 29.4 Å².